The molecule has 0 amide bonds. The molecule has 0 radical (unpaired) electrons. The van der Waals surface area contributed by atoms with Crippen molar-refractivity contribution >= 4 is 31.3 Å². The Hall–Kier alpha value is 0.520. The molecule has 0 fully saturated rings. The van der Waals surface area contributed by atoms with Crippen LogP contribution in [0.4, 0.5) is 0 Å². The van der Waals surface area contributed by atoms with E-state index < -0.39 is 31.3 Å². The van der Waals surface area contributed by atoms with E-state index in [2.05, 4.69) is 12.9 Å². The predicted molar refractivity (Wildman–Crippen MR) is 50.6 cm³/mol. The number of rotatable bonds is 6. The molecular weight excluding hydrogens is 348 g/mol. The Bertz CT molecular complexity index is 402. The van der Waals surface area contributed by atoms with E-state index in [0.29, 0.717) is 0 Å². The first-order valence-corrected chi connectivity index (χ1v) is 9.08. The van der Waals surface area contributed by atoms with Crippen molar-refractivity contribution in [3.63, 3.8) is 0 Å². The van der Waals surface area contributed by atoms with E-state index in [-0.39, 0.29) is 5.48 Å². The van der Waals surface area contributed by atoms with Gasteiger partial charge in [-0.2, -0.15) is 12.9 Å². The van der Waals surface area contributed by atoms with Gasteiger partial charge in [0, 0.05) is 0 Å². The van der Waals surface area contributed by atoms with Gasteiger partial charge in [-0.25, -0.2) is 18.3 Å². The average Bonchev–Trinajstić information content (AvgIpc) is 1.65. The zero-order valence-electron chi connectivity index (χ0n) is 7.83. The molecule has 0 aliphatic rings. The van der Waals surface area contributed by atoms with E-state index in [0.717, 1.165) is 0 Å². The van der Waals surface area contributed by atoms with Crippen molar-refractivity contribution < 1.29 is 66.0 Å². The summed E-state index contributed by atoms with van der Waals surface area (Å²) in [5.41, 5.74) is 0. The second kappa shape index (κ2) is 6.31. The standard InChI is InChI=1S/H6O13P4.H2O/c1-14(2,3)11-16(7,8)13-17(9,10)12-15(4,5)6;/h(H,7,8)(H,9,10)(H2,1,2,3)(H2,4,5,6);1H2. The van der Waals surface area contributed by atoms with Gasteiger partial charge in [-0.15, -0.1) is 0 Å². The highest BCUT2D eigenvalue weighted by Crippen LogP contribution is 2.69. The maximum atomic E-state index is 10.7. The first-order valence-electron chi connectivity index (χ1n) is 3.03. The van der Waals surface area contributed by atoms with Crippen LogP contribution < -0.4 is 0 Å². The molecule has 0 aliphatic heterocycles. The van der Waals surface area contributed by atoms with Gasteiger partial charge >= 0.3 is 31.3 Å². The number of hydrogen-bond acceptors (Lipinski definition) is 7. The highest BCUT2D eigenvalue weighted by Gasteiger charge is 2.43. The van der Waals surface area contributed by atoms with Gasteiger partial charge in [-0.1, -0.05) is 0 Å². The maximum Gasteiger partial charge on any atom is 0.490 e. The van der Waals surface area contributed by atoms with Crippen LogP contribution in [0.2, 0.25) is 0 Å². The highest BCUT2D eigenvalue weighted by molar-refractivity contribution is 7.69. The summed E-state index contributed by atoms with van der Waals surface area (Å²) >= 11 is 0. The molecule has 2 atom stereocenters. The first-order chi connectivity index (χ1) is 7.12. The molecule has 14 nitrogen and oxygen atoms in total. The van der Waals surface area contributed by atoms with Crippen LogP contribution in [-0.2, 0) is 31.2 Å². The van der Waals surface area contributed by atoms with Gasteiger partial charge in [-0.05, 0) is 0 Å². The fourth-order valence-electron chi connectivity index (χ4n) is 0.429. The lowest BCUT2D eigenvalue weighted by atomic mass is 15.7. The zero-order chi connectivity index (χ0) is 14.1. The maximum absolute atomic E-state index is 10.7. The minimum absolute atomic E-state index is 0. The van der Waals surface area contributed by atoms with Gasteiger partial charge in [0.2, 0.25) is 0 Å². The molecule has 18 heteroatoms. The van der Waals surface area contributed by atoms with Gasteiger partial charge < -0.3 is 34.8 Å². The third kappa shape index (κ3) is 11.6. The fraction of sp³-hybridized carbons (Fsp3) is 0. The molecule has 112 valence electrons. The van der Waals surface area contributed by atoms with Crippen LogP contribution in [0.25, 0.3) is 0 Å². The Morgan fingerprint density at radius 1 is 0.556 bits per heavy atom. The monoisotopic (exact) mass is 356 g/mol. The van der Waals surface area contributed by atoms with E-state index in [1.165, 1.54) is 0 Å². The molecule has 2 unspecified atom stereocenters. The van der Waals surface area contributed by atoms with Crippen molar-refractivity contribution in [3.05, 3.63) is 0 Å². The molecule has 18 heavy (non-hydrogen) atoms. The molecular formula is H8O14P4. The fourth-order valence-corrected chi connectivity index (χ4v) is 4.40. The lowest BCUT2D eigenvalue weighted by molar-refractivity contribution is 0.194. The molecule has 0 heterocycles. The topological polar surface area (TPSA) is 249 Å². The Labute approximate surface area is 98.2 Å². The number of phosphoric acid groups is 4. The normalized spacial score (nSPS) is 19.4. The molecule has 8 N–H and O–H groups in total. The van der Waals surface area contributed by atoms with Crippen LogP contribution in [0, 0.1) is 0 Å². The SMILES string of the molecule is O.O=P(O)(O)OP(=O)(O)OP(=O)(O)OP(=O)(O)O. The highest BCUT2D eigenvalue weighted by atomic mass is 31.3. The Kier molecular flexibility index (Phi) is 7.31. The molecule has 0 spiro atoms. The van der Waals surface area contributed by atoms with Crippen molar-refractivity contribution in [1.29, 1.82) is 0 Å². The molecule has 0 aromatic heterocycles. The summed E-state index contributed by atoms with van der Waals surface area (Å²) < 4.78 is 50.9. The summed E-state index contributed by atoms with van der Waals surface area (Å²) in [6.07, 6.45) is 0. The van der Waals surface area contributed by atoms with Crippen molar-refractivity contribution in [2.45, 2.75) is 0 Å². The largest absolute Gasteiger partial charge is 0.490 e. The zero-order valence-corrected chi connectivity index (χ0v) is 11.4. The predicted octanol–water partition coefficient (Wildman–Crippen LogP) is -1.40. The van der Waals surface area contributed by atoms with Crippen LogP contribution >= 0.6 is 31.3 Å². The van der Waals surface area contributed by atoms with Gasteiger partial charge in [-0.3, -0.25) is 0 Å². The second-order valence-corrected chi connectivity index (χ2v) is 7.96. The smallest absolute Gasteiger partial charge is 0.412 e. The van der Waals surface area contributed by atoms with Crippen molar-refractivity contribution in [2.75, 3.05) is 0 Å². The van der Waals surface area contributed by atoms with E-state index in [9.17, 15) is 18.3 Å². The summed E-state index contributed by atoms with van der Waals surface area (Å²) in [6, 6.07) is 0. The van der Waals surface area contributed by atoms with Crippen LogP contribution in [0.5, 0.6) is 0 Å². The van der Waals surface area contributed by atoms with E-state index in [1.807, 2.05) is 0 Å². The van der Waals surface area contributed by atoms with Gasteiger partial charge in [0.15, 0.2) is 0 Å². The molecule has 0 saturated heterocycles. The van der Waals surface area contributed by atoms with E-state index >= 15 is 0 Å². The summed E-state index contributed by atoms with van der Waals surface area (Å²) in [5.74, 6) is 0. The average molecular weight is 356 g/mol. The second-order valence-electron chi connectivity index (χ2n) is 2.16. The van der Waals surface area contributed by atoms with Crippen molar-refractivity contribution in [1.82, 2.24) is 0 Å². The van der Waals surface area contributed by atoms with Crippen LogP contribution in [-0.4, -0.2) is 34.8 Å². The molecule has 0 aliphatic carbocycles. The first kappa shape index (κ1) is 20.8. The Morgan fingerprint density at radius 2 is 0.778 bits per heavy atom. The molecule has 0 aromatic rings. The van der Waals surface area contributed by atoms with Gasteiger partial charge in [0.25, 0.3) is 0 Å². The Morgan fingerprint density at radius 3 is 0.944 bits per heavy atom. The third-order valence-corrected chi connectivity index (χ3v) is 5.63. The minimum atomic E-state index is -5.77. The lowest BCUT2D eigenvalue weighted by Crippen LogP contribution is -1.95. The minimum Gasteiger partial charge on any atom is -0.412 e. The van der Waals surface area contributed by atoms with Crippen LogP contribution in [0.1, 0.15) is 0 Å². The van der Waals surface area contributed by atoms with Crippen LogP contribution in [0.3, 0.4) is 0 Å². The van der Waals surface area contributed by atoms with Crippen molar-refractivity contribution in [2.24, 2.45) is 0 Å². The third-order valence-electron chi connectivity index (χ3n) is 0.625. The summed E-state index contributed by atoms with van der Waals surface area (Å²) in [4.78, 5) is 49.4. The van der Waals surface area contributed by atoms with Crippen molar-refractivity contribution in [3.8, 4) is 0 Å². The lowest BCUT2D eigenvalue weighted by Gasteiger charge is -2.15. The Balaban J connectivity index is 0. The quantitative estimate of drug-likeness (QED) is 0.300. The summed E-state index contributed by atoms with van der Waals surface area (Å²) in [5, 5.41) is 0. The number of hydrogen-bond donors (Lipinski definition) is 6. The molecule has 0 aromatic carbocycles. The molecule has 0 saturated carbocycles. The van der Waals surface area contributed by atoms with E-state index in [4.69, 9.17) is 29.4 Å². The van der Waals surface area contributed by atoms with Gasteiger partial charge in [0.05, 0.1) is 0 Å². The molecule has 0 bridgehead atoms. The van der Waals surface area contributed by atoms with E-state index in [1.54, 1.807) is 0 Å². The molecule has 0 rings (SSSR count). The van der Waals surface area contributed by atoms with Gasteiger partial charge in [0.1, 0.15) is 0 Å². The van der Waals surface area contributed by atoms with Crippen LogP contribution in [0.15, 0.2) is 0 Å². The summed E-state index contributed by atoms with van der Waals surface area (Å²) in [7, 11) is -22.6. The summed E-state index contributed by atoms with van der Waals surface area (Å²) in [6.45, 7) is 0.